The molecule has 3 N–H and O–H groups in total. The molecule has 0 radical (unpaired) electrons. The fraction of sp³-hybridized carbons (Fsp3) is 0.364. The van der Waals surface area contributed by atoms with Crippen LogP contribution in [-0.2, 0) is 4.79 Å². The van der Waals surface area contributed by atoms with Crippen molar-refractivity contribution in [3.05, 3.63) is 33.3 Å². The van der Waals surface area contributed by atoms with Crippen LogP contribution in [0, 0.1) is 10.1 Å². The van der Waals surface area contributed by atoms with E-state index in [1.54, 1.807) is 0 Å². The molecule has 1 aliphatic carbocycles. The zero-order valence-corrected chi connectivity index (χ0v) is 10.2. The summed E-state index contributed by atoms with van der Waals surface area (Å²) in [7, 11) is 0. The highest BCUT2D eigenvalue weighted by molar-refractivity contribution is 6.31. The summed E-state index contributed by atoms with van der Waals surface area (Å²) in [6.07, 6.45) is 2.07. The summed E-state index contributed by atoms with van der Waals surface area (Å²) >= 11 is 5.76. The molecule has 96 valence electrons. The van der Waals surface area contributed by atoms with E-state index in [2.05, 4.69) is 5.32 Å². The van der Waals surface area contributed by atoms with Crippen LogP contribution in [0.1, 0.15) is 19.3 Å². The van der Waals surface area contributed by atoms with Crippen LogP contribution in [0.2, 0.25) is 5.02 Å². The molecule has 0 saturated heterocycles. The minimum Gasteiger partial charge on any atom is -0.319 e. The van der Waals surface area contributed by atoms with Crippen molar-refractivity contribution in [3.63, 3.8) is 0 Å². The molecule has 0 aromatic heterocycles. The van der Waals surface area contributed by atoms with E-state index in [1.807, 2.05) is 0 Å². The Kier molecular flexibility index (Phi) is 3.23. The Morgan fingerprint density at radius 2 is 2.17 bits per heavy atom. The lowest BCUT2D eigenvalue weighted by atomic mass is 9.77. The molecule has 2 rings (SSSR count). The van der Waals surface area contributed by atoms with E-state index in [0.717, 1.165) is 6.42 Å². The maximum atomic E-state index is 11.9. The zero-order valence-electron chi connectivity index (χ0n) is 9.48. The summed E-state index contributed by atoms with van der Waals surface area (Å²) in [4.78, 5) is 22.2. The third kappa shape index (κ3) is 2.30. The molecule has 0 atom stereocenters. The fourth-order valence-corrected chi connectivity index (χ4v) is 1.97. The average Bonchev–Trinajstić information content (AvgIpc) is 2.25. The number of nitrogens with two attached hydrogens (primary N) is 1. The van der Waals surface area contributed by atoms with E-state index in [-0.39, 0.29) is 11.4 Å². The number of halogens is 1. The third-order valence-corrected chi connectivity index (χ3v) is 3.34. The van der Waals surface area contributed by atoms with Crippen molar-refractivity contribution in [1.29, 1.82) is 0 Å². The number of nitro benzene ring substituents is 1. The number of nitrogens with one attached hydrogen (secondary N) is 1. The van der Waals surface area contributed by atoms with Crippen molar-refractivity contribution in [2.75, 3.05) is 5.32 Å². The van der Waals surface area contributed by atoms with Gasteiger partial charge in [-0.3, -0.25) is 14.9 Å². The van der Waals surface area contributed by atoms with Gasteiger partial charge in [-0.15, -0.1) is 0 Å². The van der Waals surface area contributed by atoms with Gasteiger partial charge in [-0.25, -0.2) is 0 Å². The Bertz CT molecular complexity index is 514. The Balaban J connectivity index is 2.25. The first-order valence-corrected chi connectivity index (χ1v) is 5.84. The smallest absolute Gasteiger partial charge is 0.292 e. The molecule has 0 heterocycles. The summed E-state index contributed by atoms with van der Waals surface area (Å²) in [5.41, 5.74) is 4.82. The second-order valence-corrected chi connectivity index (χ2v) is 4.82. The van der Waals surface area contributed by atoms with Gasteiger partial charge in [0.15, 0.2) is 0 Å². The number of amides is 1. The van der Waals surface area contributed by atoms with Crippen LogP contribution in [0.3, 0.4) is 0 Å². The lowest BCUT2D eigenvalue weighted by Gasteiger charge is -2.36. The van der Waals surface area contributed by atoms with Gasteiger partial charge in [0.2, 0.25) is 5.91 Å². The Labute approximate surface area is 108 Å². The molecule has 0 aliphatic heterocycles. The highest BCUT2D eigenvalue weighted by Crippen LogP contribution is 2.33. The van der Waals surface area contributed by atoms with E-state index in [4.69, 9.17) is 17.3 Å². The standard InChI is InChI=1S/C11H12ClN3O3/c12-7-2-3-9(15(17)18)8(6-7)14-10(16)11(13)4-1-5-11/h2-3,6H,1,4-5,13H2,(H,14,16). The van der Waals surface area contributed by atoms with E-state index in [9.17, 15) is 14.9 Å². The second kappa shape index (κ2) is 4.55. The van der Waals surface area contributed by atoms with Gasteiger partial charge in [0.05, 0.1) is 10.5 Å². The predicted molar refractivity (Wildman–Crippen MR) is 67.5 cm³/mol. The maximum absolute atomic E-state index is 11.9. The van der Waals surface area contributed by atoms with E-state index >= 15 is 0 Å². The van der Waals surface area contributed by atoms with Crippen molar-refractivity contribution in [3.8, 4) is 0 Å². The normalized spacial score (nSPS) is 16.8. The molecular weight excluding hydrogens is 258 g/mol. The number of benzene rings is 1. The summed E-state index contributed by atoms with van der Waals surface area (Å²) in [5.74, 6) is -0.404. The molecular formula is C11H12ClN3O3. The molecule has 1 saturated carbocycles. The van der Waals surface area contributed by atoms with Gasteiger partial charge in [0.1, 0.15) is 5.69 Å². The summed E-state index contributed by atoms with van der Waals surface area (Å²) < 4.78 is 0. The molecule has 0 bridgehead atoms. The number of nitrogens with zero attached hydrogens (tertiary/aromatic N) is 1. The van der Waals surface area contributed by atoms with Crippen LogP contribution < -0.4 is 11.1 Å². The van der Waals surface area contributed by atoms with Crippen LogP contribution in [-0.4, -0.2) is 16.4 Å². The molecule has 7 heteroatoms. The SMILES string of the molecule is NC1(C(=O)Nc2cc(Cl)ccc2[N+](=O)[O-])CCC1. The molecule has 6 nitrogen and oxygen atoms in total. The molecule has 1 aliphatic rings. The van der Waals surface area contributed by atoms with Crippen molar-refractivity contribution in [2.45, 2.75) is 24.8 Å². The molecule has 1 fully saturated rings. The fourth-order valence-electron chi connectivity index (χ4n) is 1.80. The van der Waals surface area contributed by atoms with Gasteiger partial charge in [-0.1, -0.05) is 11.6 Å². The monoisotopic (exact) mass is 269 g/mol. The van der Waals surface area contributed by atoms with E-state index in [1.165, 1.54) is 18.2 Å². The number of anilines is 1. The van der Waals surface area contributed by atoms with E-state index in [0.29, 0.717) is 17.9 Å². The molecule has 0 spiro atoms. The Morgan fingerprint density at radius 3 is 2.67 bits per heavy atom. The van der Waals surface area contributed by atoms with Gasteiger partial charge in [0, 0.05) is 11.1 Å². The lowest BCUT2D eigenvalue weighted by molar-refractivity contribution is -0.383. The number of carbonyl (C=O) groups is 1. The molecule has 1 aromatic rings. The van der Waals surface area contributed by atoms with Crippen LogP contribution in [0.4, 0.5) is 11.4 Å². The quantitative estimate of drug-likeness (QED) is 0.648. The van der Waals surface area contributed by atoms with Crippen molar-refractivity contribution >= 4 is 28.9 Å². The lowest BCUT2D eigenvalue weighted by Crippen LogP contribution is -2.56. The number of carbonyl (C=O) groups excluding carboxylic acids is 1. The molecule has 0 unspecified atom stereocenters. The summed E-state index contributed by atoms with van der Waals surface area (Å²) in [6, 6.07) is 4.00. The molecule has 18 heavy (non-hydrogen) atoms. The van der Waals surface area contributed by atoms with Gasteiger partial charge in [0.25, 0.3) is 5.69 Å². The van der Waals surface area contributed by atoms with Gasteiger partial charge in [-0.2, -0.15) is 0 Å². The average molecular weight is 270 g/mol. The predicted octanol–water partition coefficient (Wildman–Crippen LogP) is 2.07. The van der Waals surface area contributed by atoms with Crippen molar-refractivity contribution in [2.24, 2.45) is 5.73 Å². The van der Waals surface area contributed by atoms with Crippen molar-refractivity contribution in [1.82, 2.24) is 0 Å². The van der Waals surface area contributed by atoms with Gasteiger partial charge < -0.3 is 11.1 Å². The molecule has 1 amide bonds. The van der Waals surface area contributed by atoms with Crippen LogP contribution >= 0.6 is 11.6 Å². The van der Waals surface area contributed by atoms with Crippen LogP contribution in [0.15, 0.2) is 18.2 Å². The number of nitro groups is 1. The van der Waals surface area contributed by atoms with Crippen LogP contribution in [0.5, 0.6) is 0 Å². The number of hydrogen-bond acceptors (Lipinski definition) is 4. The largest absolute Gasteiger partial charge is 0.319 e. The highest BCUT2D eigenvalue weighted by atomic mass is 35.5. The number of hydrogen-bond donors (Lipinski definition) is 2. The van der Waals surface area contributed by atoms with Gasteiger partial charge in [-0.05, 0) is 31.4 Å². The first kappa shape index (κ1) is 12.8. The van der Waals surface area contributed by atoms with Crippen LogP contribution in [0.25, 0.3) is 0 Å². The third-order valence-electron chi connectivity index (χ3n) is 3.10. The Hall–Kier alpha value is -1.66. The molecule has 1 aromatic carbocycles. The summed E-state index contributed by atoms with van der Waals surface area (Å²) in [6.45, 7) is 0. The first-order valence-electron chi connectivity index (χ1n) is 5.47. The second-order valence-electron chi connectivity index (χ2n) is 4.38. The zero-order chi connectivity index (χ0) is 13.3. The highest BCUT2D eigenvalue weighted by Gasteiger charge is 2.40. The number of rotatable bonds is 3. The van der Waals surface area contributed by atoms with Gasteiger partial charge >= 0.3 is 0 Å². The maximum Gasteiger partial charge on any atom is 0.292 e. The van der Waals surface area contributed by atoms with E-state index < -0.39 is 16.4 Å². The minimum absolute atomic E-state index is 0.0780. The Morgan fingerprint density at radius 1 is 1.50 bits per heavy atom. The first-order chi connectivity index (χ1) is 8.42. The topological polar surface area (TPSA) is 98.3 Å². The summed E-state index contributed by atoms with van der Waals surface area (Å²) in [5, 5.41) is 13.6. The minimum atomic E-state index is -0.907. The van der Waals surface area contributed by atoms with Crippen molar-refractivity contribution < 1.29 is 9.72 Å².